The van der Waals surface area contributed by atoms with Crippen molar-refractivity contribution in [3.05, 3.63) is 34.9 Å². The number of hydrogen-bond donors (Lipinski definition) is 1. The van der Waals surface area contributed by atoms with Crippen LogP contribution < -0.4 is 5.32 Å². The van der Waals surface area contributed by atoms with E-state index in [9.17, 15) is 0 Å². The second-order valence-corrected chi connectivity index (χ2v) is 7.02. The lowest BCUT2D eigenvalue weighted by molar-refractivity contribution is 0.144. The molecule has 1 N–H and O–H groups in total. The van der Waals surface area contributed by atoms with Crippen molar-refractivity contribution >= 4 is 0 Å². The zero-order valence-corrected chi connectivity index (χ0v) is 13.8. The Kier molecular flexibility index (Phi) is 5.26. The van der Waals surface area contributed by atoms with Crippen molar-refractivity contribution in [3.8, 4) is 0 Å². The summed E-state index contributed by atoms with van der Waals surface area (Å²) >= 11 is 0. The normalized spacial score (nSPS) is 19.8. The molecule has 2 rings (SSSR count). The van der Waals surface area contributed by atoms with Gasteiger partial charge in [0.1, 0.15) is 0 Å². The van der Waals surface area contributed by atoms with Gasteiger partial charge in [0, 0.05) is 6.04 Å². The summed E-state index contributed by atoms with van der Waals surface area (Å²) in [6.07, 6.45) is 8.14. The summed E-state index contributed by atoms with van der Waals surface area (Å²) < 4.78 is 0. The van der Waals surface area contributed by atoms with Gasteiger partial charge in [-0.05, 0) is 50.6 Å². The minimum absolute atomic E-state index is 0.424. The molecule has 20 heavy (non-hydrogen) atoms. The monoisotopic (exact) mass is 273 g/mol. The van der Waals surface area contributed by atoms with Crippen LogP contribution in [0.4, 0.5) is 0 Å². The standard InChI is InChI=1S/C19H31N/c1-5-11-20-18(19(4)9-7-6-8-10-19)17-13-15(2)12-16(3)14-17/h12-14,18,20H,5-11H2,1-4H3. The molecule has 1 aliphatic rings. The molecule has 1 aromatic rings. The number of rotatable bonds is 5. The van der Waals surface area contributed by atoms with Crippen molar-refractivity contribution < 1.29 is 0 Å². The molecule has 1 aliphatic carbocycles. The Balaban J connectivity index is 2.30. The van der Waals surface area contributed by atoms with E-state index in [1.165, 1.54) is 55.2 Å². The molecule has 1 aromatic carbocycles. The Labute approximate surface area is 125 Å². The molecule has 0 radical (unpaired) electrons. The summed E-state index contributed by atoms with van der Waals surface area (Å²) in [6, 6.07) is 7.57. The molecule has 112 valence electrons. The first-order valence-electron chi connectivity index (χ1n) is 8.37. The Morgan fingerprint density at radius 1 is 1.05 bits per heavy atom. The zero-order chi connectivity index (χ0) is 14.6. The van der Waals surface area contributed by atoms with Crippen molar-refractivity contribution in [2.75, 3.05) is 6.54 Å². The Hall–Kier alpha value is -0.820. The predicted molar refractivity (Wildman–Crippen MR) is 88.1 cm³/mol. The second-order valence-electron chi connectivity index (χ2n) is 7.02. The van der Waals surface area contributed by atoms with Gasteiger partial charge < -0.3 is 5.32 Å². The smallest absolute Gasteiger partial charge is 0.0374 e. The molecule has 1 heteroatoms. The minimum Gasteiger partial charge on any atom is -0.309 e. The van der Waals surface area contributed by atoms with Gasteiger partial charge in [-0.2, -0.15) is 0 Å². The molecular weight excluding hydrogens is 242 g/mol. The lowest BCUT2D eigenvalue weighted by Gasteiger charge is -2.42. The van der Waals surface area contributed by atoms with Crippen LogP contribution >= 0.6 is 0 Å². The van der Waals surface area contributed by atoms with Crippen LogP contribution in [0.5, 0.6) is 0 Å². The third-order valence-electron chi connectivity index (χ3n) is 4.87. The van der Waals surface area contributed by atoms with E-state index in [-0.39, 0.29) is 0 Å². The van der Waals surface area contributed by atoms with Gasteiger partial charge in [0.15, 0.2) is 0 Å². The Morgan fingerprint density at radius 2 is 1.65 bits per heavy atom. The Bertz CT molecular complexity index is 409. The van der Waals surface area contributed by atoms with Gasteiger partial charge in [0.2, 0.25) is 0 Å². The molecule has 1 nitrogen and oxygen atoms in total. The number of aryl methyl sites for hydroxylation is 2. The number of benzene rings is 1. The number of hydrogen-bond acceptors (Lipinski definition) is 1. The van der Waals surface area contributed by atoms with Crippen molar-refractivity contribution in [3.63, 3.8) is 0 Å². The van der Waals surface area contributed by atoms with Crippen LogP contribution in [0, 0.1) is 19.3 Å². The fraction of sp³-hybridized carbons (Fsp3) is 0.684. The van der Waals surface area contributed by atoms with E-state index in [0.29, 0.717) is 11.5 Å². The first-order chi connectivity index (χ1) is 9.55. The molecule has 0 aromatic heterocycles. The molecule has 0 saturated heterocycles. The topological polar surface area (TPSA) is 12.0 Å². The molecule has 0 aliphatic heterocycles. The highest BCUT2D eigenvalue weighted by atomic mass is 14.9. The third-order valence-corrected chi connectivity index (χ3v) is 4.87. The van der Waals surface area contributed by atoms with Crippen LogP contribution in [0.25, 0.3) is 0 Å². The van der Waals surface area contributed by atoms with Crippen LogP contribution in [-0.4, -0.2) is 6.54 Å². The highest BCUT2D eigenvalue weighted by molar-refractivity contribution is 5.32. The summed E-state index contributed by atoms with van der Waals surface area (Å²) in [5, 5.41) is 3.85. The molecule has 1 unspecified atom stereocenters. The minimum atomic E-state index is 0.424. The number of nitrogens with one attached hydrogen (secondary N) is 1. The fourth-order valence-electron chi connectivity index (χ4n) is 3.88. The summed E-state index contributed by atoms with van der Waals surface area (Å²) in [5.74, 6) is 0. The summed E-state index contributed by atoms with van der Waals surface area (Å²) in [5.41, 5.74) is 4.71. The van der Waals surface area contributed by atoms with Gasteiger partial charge in [-0.3, -0.25) is 0 Å². The second kappa shape index (κ2) is 6.76. The summed E-state index contributed by atoms with van der Waals surface area (Å²) in [7, 11) is 0. The predicted octanol–water partition coefficient (Wildman–Crippen LogP) is 5.31. The quantitative estimate of drug-likeness (QED) is 0.766. The van der Waals surface area contributed by atoms with Gasteiger partial charge in [-0.1, -0.05) is 62.4 Å². The van der Waals surface area contributed by atoms with E-state index in [1.807, 2.05) is 0 Å². The van der Waals surface area contributed by atoms with E-state index in [1.54, 1.807) is 0 Å². The SMILES string of the molecule is CCCNC(c1cc(C)cc(C)c1)C1(C)CCCCC1. The van der Waals surface area contributed by atoms with Crippen molar-refractivity contribution in [1.29, 1.82) is 0 Å². The largest absolute Gasteiger partial charge is 0.309 e. The average Bonchev–Trinajstić information content (AvgIpc) is 2.38. The van der Waals surface area contributed by atoms with E-state index in [2.05, 4.69) is 51.2 Å². The highest BCUT2D eigenvalue weighted by Gasteiger charge is 2.36. The van der Waals surface area contributed by atoms with Crippen LogP contribution in [0.15, 0.2) is 18.2 Å². The molecule has 0 bridgehead atoms. The first-order valence-corrected chi connectivity index (χ1v) is 8.37. The molecule has 1 saturated carbocycles. The lowest BCUT2D eigenvalue weighted by atomic mass is 9.68. The maximum Gasteiger partial charge on any atom is 0.0374 e. The maximum atomic E-state index is 3.85. The van der Waals surface area contributed by atoms with E-state index >= 15 is 0 Å². The summed E-state index contributed by atoms with van der Waals surface area (Å²) in [4.78, 5) is 0. The third kappa shape index (κ3) is 3.63. The zero-order valence-electron chi connectivity index (χ0n) is 13.8. The van der Waals surface area contributed by atoms with Crippen molar-refractivity contribution in [2.24, 2.45) is 5.41 Å². The van der Waals surface area contributed by atoms with Crippen LogP contribution in [-0.2, 0) is 0 Å². The van der Waals surface area contributed by atoms with E-state index in [4.69, 9.17) is 0 Å². The molecule has 0 spiro atoms. The van der Waals surface area contributed by atoms with Gasteiger partial charge in [0.05, 0.1) is 0 Å². The van der Waals surface area contributed by atoms with Crippen LogP contribution in [0.1, 0.15) is 75.1 Å². The van der Waals surface area contributed by atoms with E-state index < -0.39 is 0 Å². The van der Waals surface area contributed by atoms with Crippen LogP contribution in [0.3, 0.4) is 0 Å². The average molecular weight is 273 g/mol. The van der Waals surface area contributed by atoms with Gasteiger partial charge >= 0.3 is 0 Å². The molecule has 0 amide bonds. The Morgan fingerprint density at radius 3 is 2.20 bits per heavy atom. The molecule has 0 heterocycles. The fourth-order valence-corrected chi connectivity index (χ4v) is 3.88. The van der Waals surface area contributed by atoms with Gasteiger partial charge in [-0.15, -0.1) is 0 Å². The first kappa shape index (κ1) is 15.6. The molecular formula is C19H31N. The van der Waals surface area contributed by atoms with Crippen molar-refractivity contribution in [1.82, 2.24) is 5.32 Å². The maximum absolute atomic E-state index is 3.85. The molecule has 1 atom stereocenters. The van der Waals surface area contributed by atoms with Crippen LogP contribution in [0.2, 0.25) is 0 Å². The van der Waals surface area contributed by atoms with E-state index in [0.717, 1.165) is 6.54 Å². The molecule has 1 fully saturated rings. The lowest BCUT2D eigenvalue weighted by Crippen LogP contribution is -2.38. The van der Waals surface area contributed by atoms with Crippen molar-refractivity contribution in [2.45, 2.75) is 72.3 Å². The van der Waals surface area contributed by atoms with Gasteiger partial charge in [-0.25, -0.2) is 0 Å². The summed E-state index contributed by atoms with van der Waals surface area (Å²) in [6.45, 7) is 10.3. The van der Waals surface area contributed by atoms with Gasteiger partial charge in [0.25, 0.3) is 0 Å². The highest BCUT2D eigenvalue weighted by Crippen LogP contribution is 2.45.